The molecule has 1 N–H and O–H groups in total. The maximum Gasteiger partial charge on any atom is 0.251 e. The summed E-state index contributed by atoms with van der Waals surface area (Å²) in [5, 5.41) is 11.7. The fraction of sp³-hybridized carbons (Fsp3) is 0.474. The largest absolute Gasteiger partial charge is 0.368 e. The molecule has 2 aliphatic heterocycles. The van der Waals surface area contributed by atoms with Crippen molar-refractivity contribution in [2.45, 2.75) is 25.9 Å². The molecule has 4 rings (SSSR count). The molecule has 4 heterocycles. The predicted molar refractivity (Wildman–Crippen MR) is 102 cm³/mol. The first-order chi connectivity index (χ1) is 13.2. The van der Waals surface area contributed by atoms with Crippen molar-refractivity contribution < 1.29 is 9.53 Å². The highest BCUT2D eigenvalue weighted by molar-refractivity contribution is 5.81. The summed E-state index contributed by atoms with van der Waals surface area (Å²) in [7, 11) is 0. The molecule has 0 aromatic carbocycles. The molecule has 0 radical (unpaired) electrons. The highest BCUT2D eigenvalue weighted by Gasteiger charge is 2.30. The number of nitrogens with zero attached hydrogens (tertiary/aromatic N) is 5. The molecule has 8 nitrogen and oxygen atoms in total. The van der Waals surface area contributed by atoms with Crippen LogP contribution in [-0.4, -0.2) is 64.9 Å². The molecule has 2 saturated heterocycles. The summed E-state index contributed by atoms with van der Waals surface area (Å²) in [5.41, 5.74) is 0.944. The van der Waals surface area contributed by atoms with Crippen molar-refractivity contribution in [1.29, 1.82) is 0 Å². The minimum atomic E-state index is -0.239. The number of pyridine rings is 1. The zero-order valence-corrected chi connectivity index (χ0v) is 15.5. The van der Waals surface area contributed by atoms with E-state index in [1.807, 2.05) is 42.2 Å². The van der Waals surface area contributed by atoms with Gasteiger partial charge in [0.15, 0.2) is 11.6 Å². The van der Waals surface area contributed by atoms with Crippen molar-refractivity contribution in [3.05, 3.63) is 36.0 Å². The van der Waals surface area contributed by atoms with E-state index < -0.39 is 0 Å². The molecular weight excluding hydrogens is 344 g/mol. The number of anilines is 3. The van der Waals surface area contributed by atoms with Crippen LogP contribution >= 0.6 is 0 Å². The van der Waals surface area contributed by atoms with Crippen LogP contribution in [0.2, 0.25) is 0 Å². The number of nitrogens with one attached hydrogen (secondary N) is 1. The van der Waals surface area contributed by atoms with Gasteiger partial charge in [0.25, 0.3) is 5.91 Å². The van der Waals surface area contributed by atoms with Crippen LogP contribution in [-0.2, 0) is 9.53 Å². The van der Waals surface area contributed by atoms with Gasteiger partial charge in [0.1, 0.15) is 11.9 Å². The van der Waals surface area contributed by atoms with Gasteiger partial charge in [0.2, 0.25) is 0 Å². The molecule has 8 heteroatoms. The molecule has 2 aliphatic rings. The Kier molecular flexibility index (Phi) is 5.15. The second-order valence-electron chi connectivity index (χ2n) is 6.88. The van der Waals surface area contributed by atoms with Crippen molar-refractivity contribution in [3.8, 4) is 0 Å². The molecule has 142 valence electrons. The van der Waals surface area contributed by atoms with Crippen molar-refractivity contribution in [3.63, 3.8) is 0 Å². The monoisotopic (exact) mass is 368 g/mol. The van der Waals surface area contributed by atoms with Crippen LogP contribution in [0.15, 0.2) is 30.3 Å². The van der Waals surface area contributed by atoms with Gasteiger partial charge in [-0.2, -0.15) is 0 Å². The Balaban J connectivity index is 1.32. The quantitative estimate of drug-likeness (QED) is 0.880. The number of rotatable bonds is 4. The maximum atomic E-state index is 12.4. The van der Waals surface area contributed by atoms with Gasteiger partial charge in [-0.1, -0.05) is 6.07 Å². The van der Waals surface area contributed by atoms with Crippen molar-refractivity contribution in [1.82, 2.24) is 20.1 Å². The number of carbonyl (C=O) groups excluding carboxylic acids is 1. The van der Waals surface area contributed by atoms with E-state index in [0.717, 1.165) is 43.3 Å². The second kappa shape index (κ2) is 7.87. The Morgan fingerprint density at radius 1 is 1.11 bits per heavy atom. The minimum Gasteiger partial charge on any atom is -0.368 e. The molecule has 0 spiro atoms. The Morgan fingerprint density at radius 2 is 1.96 bits per heavy atom. The first-order valence-corrected chi connectivity index (χ1v) is 9.39. The topological polar surface area (TPSA) is 83.5 Å². The van der Waals surface area contributed by atoms with Crippen LogP contribution in [0, 0.1) is 6.92 Å². The van der Waals surface area contributed by atoms with Crippen LogP contribution in [0.1, 0.15) is 18.5 Å². The van der Waals surface area contributed by atoms with Gasteiger partial charge in [-0.25, -0.2) is 4.98 Å². The fourth-order valence-corrected chi connectivity index (χ4v) is 3.44. The lowest BCUT2D eigenvalue weighted by Gasteiger charge is -2.36. The fourth-order valence-electron chi connectivity index (χ4n) is 3.44. The third-order valence-corrected chi connectivity index (χ3v) is 4.92. The molecule has 1 atom stereocenters. The first kappa shape index (κ1) is 17.7. The van der Waals surface area contributed by atoms with Gasteiger partial charge in [-0.05, 0) is 44.0 Å². The SMILES string of the molecule is Cc1cccc(Nc2ccc(N3CCN(C(=O)[C@@H]4CCCO4)CC3)nn2)n1. The maximum absolute atomic E-state index is 12.4. The molecule has 27 heavy (non-hydrogen) atoms. The Bertz CT molecular complexity index is 783. The summed E-state index contributed by atoms with van der Waals surface area (Å²) >= 11 is 0. The van der Waals surface area contributed by atoms with E-state index in [1.54, 1.807) is 0 Å². The van der Waals surface area contributed by atoms with Crippen LogP contribution in [0.5, 0.6) is 0 Å². The highest BCUT2D eigenvalue weighted by atomic mass is 16.5. The van der Waals surface area contributed by atoms with Gasteiger partial charge in [-0.3, -0.25) is 4.79 Å². The first-order valence-electron chi connectivity index (χ1n) is 9.39. The Morgan fingerprint density at radius 3 is 2.63 bits per heavy atom. The second-order valence-corrected chi connectivity index (χ2v) is 6.88. The molecule has 0 bridgehead atoms. The third-order valence-electron chi connectivity index (χ3n) is 4.92. The lowest BCUT2D eigenvalue weighted by atomic mass is 10.2. The molecule has 0 unspecified atom stereocenters. The summed E-state index contributed by atoms with van der Waals surface area (Å²) in [6, 6.07) is 9.64. The summed E-state index contributed by atoms with van der Waals surface area (Å²) in [4.78, 5) is 20.9. The van der Waals surface area contributed by atoms with Crippen LogP contribution in [0.25, 0.3) is 0 Å². The number of hydrogen-bond donors (Lipinski definition) is 1. The number of amides is 1. The van der Waals surface area contributed by atoms with Crippen molar-refractivity contribution in [2.24, 2.45) is 0 Å². The number of carbonyl (C=O) groups is 1. The summed E-state index contributed by atoms with van der Waals surface area (Å²) in [6.07, 6.45) is 1.58. The number of ether oxygens (including phenoxy) is 1. The molecule has 0 aliphatic carbocycles. The van der Waals surface area contributed by atoms with E-state index in [-0.39, 0.29) is 12.0 Å². The lowest BCUT2D eigenvalue weighted by Crippen LogP contribution is -2.51. The summed E-state index contributed by atoms with van der Waals surface area (Å²) in [5.74, 6) is 2.35. The van der Waals surface area contributed by atoms with Gasteiger partial charge in [0.05, 0.1) is 0 Å². The van der Waals surface area contributed by atoms with E-state index >= 15 is 0 Å². The smallest absolute Gasteiger partial charge is 0.251 e. The average molecular weight is 368 g/mol. The van der Waals surface area contributed by atoms with Gasteiger partial charge >= 0.3 is 0 Å². The number of aromatic nitrogens is 3. The zero-order chi connectivity index (χ0) is 18.6. The van der Waals surface area contributed by atoms with Gasteiger partial charge in [-0.15, -0.1) is 10.2 Å². The number of hydrogen-bond acceptors (Lipinski definition) is 7. The van der Waals surface area contributed by atoms with E-state index in [1.165, 1.54) is 0 Å². The molecule has 2 aromatic heterocycles. The van der Waals surface area contributed by atoms with Crippen molar-refractivity contribution in [2.75, 3.05) is 43.0 Å². The van der Waals surface area contributed by atoms with E-state index in [9.17, 15) is 4.79 Å². The lowest BCUT2D eigenvalue weighted by molar-refractivity contribution is -0.141. The van der Waals surface area contributed by atoms with Gasteiger partial charge in [0, 0.05) is 38.5 Å². The molecule has 0 saturated carbocycles. The Hall–Kier alpha value is -2.74. The summed E-state index contributed by atoms with van der Waals surface area (Å²) in [6.45, 7) is 5.52. The van der Waals surface area contributed by atoms with E-state index in [2.05, 4.69) is 25.4 Å². The molecular formula is C19H24N6O2. The van der Waals surface area contributed by atoms with Crippen LogP contribution in [0.4, 0.5) is 17.5 Å². The third kappa shape index (κ3) is 4.16. The summed E-state index contributed by atoms with van der Waals surface area (Å²) < 4.78 is 5.51. The van der Waals surface area contributed by atoms with Gasteiger partial charge < -0.3 is 19.9 Å². The number of piperazine rings is 1. The molecule has 2 fully saturated rings. The zero-order valence-electron chi connectivity index (χ0n) is 15.5. The van der Waals surface area contributed by atoms with Crippen LogP contribution in [0.3, 0.4) is 0 Å². The molecule has 2 aromatic rings. The standard InChI is InChI=1S/C19H24N6O2/c1-14-4-2-6-16(20-14)21-17-7-8-18(23-22-17)24-9-11-25(12-10-24)19(26)15-5-3-13-27-15/h2,4,6-8,15H,3,5,9-13H2,1H3,(H,20,21,22)/t15-/m0/s1. The van der Waals surface area contributed by atoms with E-state index in [4.69, 9.17) is 4.74 Å². The highest BCUT2D eigenvalue weighted by Crippen LogP contribution is 2.19. The van der Waals surface area contributed by atoms with Crippen LogP contribution < -0.4 is 10.2 Å². The number of aryl methyl sites for hydroxylation is 1. The predicted octanol–water partition coefficient (Wildman–Crippen LogP) is 1.75. The van der Waals surface area contributed by atoms with E-state index in [0.29, 0.717) is 25.5 Å². The Labute approximate surface area is 158 Å². The average Bonchev–Trinajstić information content (AvgIpc) is 3.23. The van der Waals surface area contributed by atoms with Crippen molar-refractivity contribution >= 4 is 23.4 Å². The normalized spacial score (nSPS) is 20.0. The minimum absolute atomic E-state index is 0.128. The molecule has 1 amide bonds.